The monoisotopic (exact) mass is 394 g/mol. The first-order valence-corrected chi connectivity index (χ1v) is 10.1. The van der Waals surface area contributed by atoms with Crippen LogP contribution in [0, 0.1) is 5.82 Å². The third-order valence-corrected chi connectivity index (χ3v) is 5.72. The zero-order chi connectivity index (χ0) is 20.2. The molecule has 0 amide bonds. The summed E-state index contributed by atoms with van der Waals surface area (Å²) in [4.78, 5) is 10.1. The number of aromatic amines is 1. The second kappa shape index (κ2) is 8.86. The van der Waals surface area contributed by atoms with E-state index in [1.165, 1.54) is 17.8 Å². The largest absolute Gasteiger partial charge is 0.395 e. The molecule has 1 atom stereocenters. The van der Waals surface area contributed by atoms with Gasteiger partial charge in [0.25, 0.3) is 0 Å². The highest BCUT2D eigenvalue weighted by Gasteiger charge is 2.24. The van der Waals surface area contributed by atoms with Gasteiger partial charge in [0.2, 0.25) is 0 Å². The number of aromatic nitrogens is 2. The van der Waals surface area contributed by atoms with Crippen LogP contribution in [-0.2, 0) is 0 Å². The number of piperidine rings is 1. The van der Waals surface area contributed by atoms with E-state index in [-0.39, 0.29) is 18.5 Å². The topological polar surface area (TPSA) is 78.2 Å². The molecule has 0 spiro atoms. The average Bonchev–Trinajstić information content (AvgIpc) is 3.21. The highest BCUT2D eigenvalue weighted by Crippen LogP contribution is 2.37. The zero-order valence-corrected chi connectivity index (χ0v) is 16.4. The lowest BCUT2D eigenvalue weighted by atomic mass is 9.92. The van der Waals surface area contributed by atoms with E-state index in [4.69, 9.17) is 5.73 Å². The molecule has 4 rings (SSSR count). The minimum Gasteiger partial charge on any atom is -0.395 e. The third kappa shape index (κ3) is 4.56. The van der Waals surface area contributed by atoms with Gasteiger partial charge in [0.1, 0.15) is 5.82 Å². The molecule has 5 nitrogen and oxygen atoms in total. The van der Waals surface area contributed by atoms with Crippen molar-refractivity contribution in [3.8, 4) is 22.4 Å². The summed E-state index contributed by atoms with van der Waals surface area (Å²) in [5.74, 6) is 0.200. The maximum atomic E-state index is 13.4. The van der Waals surface area contributed by atoms with Crippen LogP contribution in [0.4, 0.5) is 4.39 Å². The SMILES string of the molecule is N[C@@H](CO)CN1CCC(c2cc(-c3ccncc3)c(-c3ccc(F)cc3)[nH]2)CC1. The van der Waals surface area contributed by atoms with Gasteiger partial charge in [0.05, 0.1) is 12.3 Å². The van der Waals surface area contributed by atoms with Gasteiger partial charge in [-0.2, -0.15) is 0 Å². The molecular formula is C23H27FN4O. The van der Waals surface area contributed by atoms with Gasteiger partial charge in [-0.25, -0.2) is 4.39 Å². The van der Waals surface area contributed by atoms with Gasteiger partial charge in [-0.05, 0) is 79.5 Å². The molecule has 0 unspecified atom stereocenters. The Kier molecular flexibility index (Phi) is 6.04. The lowest BCUT2D eigenvalue weighted by molar-refractivity contribution is 0.170. The second-order valence-corrected chi connectivity index (χ2v) is 7.77. The molecule has 1 aliphatic rings. The van der Waals surface area contributed by atoms with Crippen molar-refractivity contribution in [3.05, 3.63) is 66.4 Å². The highest BCUT2D eigenvalue weighted by atomic mass is 19.1. The Morgan fingerprint density at radius 2 is 1.79 bits per heavy atom. The van der Waals surface area contributed by atoms with Crippen LogP contribution in [0.2, 0.25) is 0 Å². The molecule has 4 N–H and O–H groups in total. The molecule has 0 saturated carbocycles. The number of pyridine rings is 1. The summed E-state index contributed by atoms with van der Waals surface area (Å²) < 4.78 is 13.4. The lowest BCUT2D eigenvalue weighted by Crippen LogP contribution is -2.43. The van der Waals surface area contributed by atoms with Gasteiger partial charge in [0, 0.05) is 42.2 Å². The maximum absolute atomic E-state index is 13.4. The number of H-pyrrole nitrogens is 1. The average molecular weight is 394 g/mol. The molecule has 1 aliphatic heterocycles. The molecule has 1 aromatic carbocycles. The number of aliphatic hydroxyl groups is 1. The molecule has 152 valence electrons. The first-order valence-electron chi connectivity index (χ1n) is 10.1. The fourth-order valence-corrected chi connectivity index (χ4v) is 4.11. The van der Waals surface area contributed by atoms with Gasteiger partial charge in [0.15, 0.2) is 0 Å². The van der Waals surface area contributed by atoms with Crippen LogP contribution in [-0.4, -0.2) is 52.3 Å². The highest BCUT2D eigenvalue weighted by molar-refractivity contribution is 5.82. The second-order valence-electron chi connectivity index (χ2n) is 7.77. The molecule has 0 radical (unpaired) electrons. The first kappa shape index (κ1) is 19.8. The van der Waals surface area contributed by atoms with Gasteiger partial charge in [-0.1, -0.05) is 0 Å². The van der Waals surface area contributed by atoms with E-state index in [2.05, 4.69) is 20.9 Å². The van der Waals surface area contributed by atoms with Crippen molar-refractivity contribution in [2.24, 2.45) is 5.73 Å². The standard InChI is InChI=1S/C23H27FN4O/c24-19-3-1-18(2-4-19)23-21(16-5-9-26-10-6-16)13-22(27-23)17-7-11-28(12-8-17)14-20(25)15-29/h1-6,9-10,13,17,20,27,29H,7-8,11-12,14-15,25H2/t20-/m1/s1. The van der Waals surface area contributed by atoms with Crippen molar-refractivity contribution in [2.75, 3.05) is 26.2 Å². The molecular weight excluding hydrogens is 367 g/mol. The Morgan fingerprint density at radius 1 is 1.10 bits per heavy atom. The van der Waals surface area contributed by atoms with Gasteiger partial charge in [-0.3, -0.25) is 4.98 Å². The van der Waals surface area contributed by atoms with E-state index in [1.54, 1.807) is 12.4 Å². The van der Waals surface area contributed by atoms with Crippen LogP contribution < -0.4 is 5.73 Å². The smallest absolute Gasteiger partial charge is 0.123 e. The Hall–Kier alpha value is -2.54. The summed E-state index contributed by atoms with van der Waals surface area (Å²) in [5, 5.41) is 9.18. The van der Waals surface area contributed by atoms with E-state index in [0.717, 1.165) is 54.9 Å². The molecule has 0 bridgehead atoms. The van der Waals surface area contributed by atoms with E-state index in [1.807, 2.05) is 24.3 Å². The van der Waals surface area contributed by atoms with Crippen molar-refractivity contribution in [1.29, 1.82) is 0 Å². The molecule has 6 heteroatoms. The number of aliphatic hydroxyl groups excluding tert-OH is 1. The minimum atomic E-state index is -0.237. The number of benzene rings is 1. The maximum Gasteiger partial charge on any atom is 0.123 e. The number of nitrogens with one attached hydrogen (secondary N) is 1. The number of hydrogen-bond donors (Lipinski definition) is 3. The van der Waals surface area contributed by atoms with E-state index >= 15 is 0 Å². The number of nitrogens with two attached hydrogens (primary N) is 1. The molecule has 0 aliphatic carbocycles. The number of halogens is 1. The fourth-order valence-electron chi connectivity index (χ4n) is 4.11. The number of hydrogen-bond acceptors (Lipinski definition) is 4. The summed E-state index contributed by atoms with van der Waals surface area (Å²) in [6.07, 6.45) is 5.66. The summed E-state index contributed by atoms with van der Waals surface area (Å²) in [7, 11) is 0. The van der Waals surface area contributed by atoms with Crippen LogP contribution in [0.25, 0.3) is 22.4 Å². The molecule has 3 aromatic rings. The van der Waals surface area contributed by atoms with Crippen molar-refractivity contribution < 1.29 is 9.50 Å². The summed E-state index contributed by atoms with van der Waals surface area (Å²) in [5.41, 5.74) is 11.3. The number of rotatable bonds is 6. The van der Waals surface area contributed by atoms with Crippen LogP contribution in [0.3, 0.4) is 0 Å². The molecule has 3 heterocycles. The van der Waals surface area contributed by atoms with E-state index in [0.29, 0.717) is 5.92 Å². The summed E-state index contributed by atoms with van der Waals surface area (Å²) >= 11 is 0. The Bertz CT molecular complexity index is 918. The van der Waals surface area contributed by atoms with Crippen molar-refractivity contribution in [3.63, 3.8) is 0 Å². The number of nitrogens with zero attached hydrogens (tertiary/aromatic N) is 2. The first-order chi connectivity index (χ1) is 14.1. The van der Waals surface area contributed by atoms with Crippen molar-refractivity contribution in [2.45, 2.75) is 24.8 Å². The summed E-state index contributed by atoms with van der Waals surface area (Å²) in [6, 6.07) is 12.7. The van der Waals surface area contributed by atoms with Gasteiger partial charge in [-0.15, -0.1) is 0 Å². The van der Waals surface area contributed by atoms with E-state index < -0.39 is 0 Å². The van der Waals surface area contributed by atoms with Crippen LogP contribution in [0.5, 0.6) is 0 Å². The fraction of sp³-hybridized carbons (Fsp3) is 0.348. The van der Waals surface area contributed by atoms with E-state index in [9.17, 15) is 9.50 Å². The van der Waals surface area contributed by atoms with Crippen LogP contribution in [0.15, 0.2) is 54.9 Å². The van der Waals surface area contributed by atoms with Gasteiger partial charge >= 0.3 is 0 Å². The normalized spacial score (nSPS) is 16.8. The number of likely N-dealkylation sites (tertiary alicyclic amines) is 1. The van der Waals surface area contributed by atoms with Crippen LogP contribution >= 0.6 is 0 Å². The van der Waals surface area contributed by atoms with Gasteiger partial charge < -0.3 is 20.7 Å². The molecule has 29 heavy (non-hydrogen) atoms. The summed E-state index contributed by atoms with van der Waals surface area (Å²) in [6.45, 7) is 2.69. The van der Waals surface area contributed by atoms with Crippen molar-refractivity contribution >= 4 is 0 Å². The Morgan fingerprint density at radius 3 is 2.45 bits per heavy atom. The van der Waals surface area contributed by atoms with Crippen molar-refractivity contribution in [1.82, 2.24) is 14.9 Å². The quantitative estimate of drug-likeness (QED) is 0.599. The molecule has 1 saturated heterocycles. The molecule has 2 aromatic heterocycles. The Balaban J connectivity index is 1.60. The zero-order valence-electron chi connectivity index (χ0n) is 16.4. The Labute approximate surface area is 170 Å². The molecule has 1 fully saturated rings. The predicted molar refractivity (Wildman–Crippen MR) is 113 cm³/mol. The predicted octanol–water partition coefficient (Wildman–Crippen LogP) is 3.38. The third-order valence-electron chi connectivity index (χ3n) is 5.72. The lowest BCUT2D eigenvalue weighted by Gasteiger charge is -2.32. The minimum absolute atomic E-state index is 0.0207. The van der Waals surface area contributed by atoms with Crippen LogP contribution in [0.1, 0.15) is 24.5 Å².